The summed E-state index contributed by atoms with van der Waals surface area (Å²) in [6, 6.07) is 9.71. The summed E-state index contributed by atoms with van der Waals surface area (Å²) in [5.74, 6) is -2.10. The summed E-state index contributed by atoms with van der Waals surface area (Å²) in [6.45, 7) is 4.33. The van der Waals surface area contributed by atoms with Crippen molar-refractivity contribution in [2.45, 2.75) is 32.4 Å². The fourth-order valence-electron chi connectivity index (χ4n) is 3.89. The molecule has 3 rings (SSSR count). The highest BCUT2D eigenvalue weighted by molar-refractivity contribution is 6.46. The van der Waals surface area contributed by atoms with Crippen molar-refractivity contribution in [3.8, 4) is 11.5 Å². The van der Waals surface area contributed by atoms with Crippen LogP contribution in [0.25, 0.3) is 5.76 Å². The van der Waals surface area contributed by atoms with Gasteiger partial charge in [0, 0.05) is 25.8 Å². The predicted molar refractivity (Wildman–Crippen MR) is 121 cm³/mol. The minimum absolute atomic E-state index is 0.0142. The third-order valence-electron chi connectivity index (χ3n) is 5.28. The summed E-state index contributed by atoms with van der Waals surface area (Å²) in [6.07, 6.45) is 0.321. The Morgan fingerprint density at radius 2 is 1.85 bits per heavy atom. The van der Waals surface area contributed by atoms with Crippen molar-refractivity contribution in [1.29, 1.82) is 0 Å². The van der Waals surface area contributed by atoms with Crippen molar-refractivity contribution in [3.63, 3.8) is 0 Å². The van der Waals surface area contributed by atoms with Crippen LogP contribution in [0.2, 0.25) is 0 Å². The van der Waals surface area contributed by atoms with Gasteiger partial charge in [-0.2, -0.15) is 0 Å². The molecule has 7 nitrogen and oxygen atoms in total. The van der Waals surface area contributed by atoms with E-state index in [1.54, 1.807) is 31.4 Å². The van der Waals surface area contributed by atoms with Gasteiger partial charge in [-0.05, 0) is 44.5 Å². The lowest BCUT2D eigenvalue weighted by molar-refractivity contribution is -0.140. The van der Waals surface area contributed by atoms with Gasteiger partial charge in [-0.15, -0.1) is 0 Å². The number of carbonyl (C=O) groups excluding carboxylic acids is 2. The molecule has 1 fully saturated rings. The van der Waals surface area contributed by atoms with Gasteiger partial charge in [-0.1, -0.05) is 18.2 Å². The SMILES string of the molecule is COCCCN1C(=O)C(=O)/C(=C(/O)c2cc(F)ccc2OC)C1c1ccccc1OC(C)C. The van der Waals surface area contributed by atoms with Crippen LogP contribution >= 0.6 is 0 Å². The van der Waals surface area contributed by atoms with E-state index in [9.17, 15) is 19.1 Å². The molecule has 1 saturated heterocycles. The monoisotopic (exact) mass is 457 g/mol. The zero-order valence-corrected chi connectivity index (χ0v) is 19.1. The van der Waals surface area contributed by atoms with Crippen molar-refractivity contribution in [1.82, 2.24) is 4.90 Å². The molecule has 0 aromatic heterocycles. The van der Waals surface area contributed by atoms with E-state index in [4.69, 9.17) is 14.2 Å². The van der Waals surface area contributed by atoms with Crippen LogP contribution in [0, 0.1) is 5.82 Å². The Kier molecular flexibility index (Phi) is 7.71. The number of methoxy groups -OCH3 is 2. The molecule has 1 aliphatic rings. The molecule has 0 spiro atoms. The number of halogens is 1. The molecule has 176 valence electrons. The standard InChI is InChI=1S/C25H28FNO6/c1-15(2)33-20-9-6-5-8-17(20)22-21(24(29)25(30)27(22)12-7-13-31-3)23(28)18-14-16(26)10-11-19(18)32-4/h5-6,8-11,14-15,22,28H,7,12-13H2,1-4H3/b23-21+. The molecule has 1 heterocycles. The normalized spacial score (nSPS) is 17.6. The third-order valence-corrected chi connectivity index (χ3v) is 5.28. The first-order valence-corrected chi connectivity index (χ1v) is 10.7. The number of Topliss-reactive ketones (excluding diaryl/α,β-unsaturated/α-hetero) is 1. The molecular weight excluding hydrogens is 429 g/mol. The van der Waals surface area contributed by atoms with Gasteiger partial charge in [0.25, 0.3) is 11.7 Å². The minimum Gasteiger partial charge on any atom is -0.507 e. The smallest absolute Gasteiger partial charge is 0.295 e. The van der Waals surface area contributed by atoms with Crippen LogP contribution in [0.15, 0.2) is 48.0 Å². The summed E-state index contributed by atoms with van der Waals surface area (Å²) < 4.78 is 30.3. The van der Waals surface area contributed by atoms with Crippen LogP contribution in [-0.4, -0.2) is 55.2 Å². The number of hydrogen-bond acceptors (Lipinski definition) is 6. The van der Waals surface area contributed by atoms with E-state index >= 15 is 0 Å². The Morgan fingerprint density at radius 1 is 1.12 bits per heavy atom. The van der Waals surface area contributed by atoms with Crippen LogP contribution in [0.4, 0.5) is 4.39 Å². The molecule has 1 aliphatic heterocycles. The lowest BCUT2D eigenvalue weighted by Gasteiger charge is -2.27. The lowest BCUT2D eigenvalue weighted by Crippen LogP contribution is -2.31. The first-order valence-electron chi connectivity index (χ1n) is 10.7. The van der Waals surface area contributed by atoms with Gasteiger partial charge < -0.3 is 24.2 Å². The molecule has 2 aromatic rings. The number of aliphatic hydroxyl groups is 1. The second kappa shape index (κ2) is 10.5. The number of amides is 1. The Balaban J connectivity index is 2.24. The van der Waals surface area contributed by atoms with Gasteiger partial charge in [0.1, 0.15) is 23.1 Å². The zero-order chi connectivity index (χ0) is 24.1. The highest BCUT2D eigenvalue weighted by Crippen LogP contribution is 2.44. The maximum Gasteiger partial charge on any atom is 0.295 e. The number of nitrogens with zero attached hydrogens (tertiary/aromatic N) is 1. The van der Waals surface area contributed by atoms with Gasteiger partial charge in [-0.25, -0.2) is 4.39 Å². The molecule has 1 amide bonds. The third kappa shape index (κ3) is 5.01. The van der Waals surface area contributed by atoms with Crippen molar-refractivity contribution in [3.05, 3.63) is 65.0 Å². The molecule has 8 heteroatoms. The van der Waals surface area contributed by atoms with E-state index < -0.39 is 29.3 Å². The van der Waals surface area contributed by atoms with Crippen LogP contribution in [-0.2, 0) is 14.3 Å². The fraction of sp³-hybridized carbons (Fsp3) is 0.360. The molecule has 1 unspecified atom stereocenters. The van der Waals surface area contributed by atoms with E-state index in [1.165, 1.54) is 24.1 Å². The molecule has 33 heavy (non-hydrogen) atoms. The first kappa shape index (κ1) is 24.3. The Hall–Kier alpha value is -3.39. The number of ketones is 1. The largest absolute Gasteiger partial charge is 0.507 e. The molecular formula is C25H28FNO6. The summed E-state index contributed by atoms with van der Waals surface area (Å²) in [4.78, 5) is 27.6. The number of hydrogen-bond donors (Lipinski definition) is 1. The second-order valence-corrected chi connectivity index (χ2v) is 7.89. The summed E-state index contributed by atoms with van der Waals surface area (Å²) >= 11 is 0. The Morgan fingerprint density at radius 3 is 2.52 bits per heavy atom. The van der Waals surface area contributed by atoms with E-state index in [0.717, 1.165) is 6.07 Å². The second-order valence-electron chi connectivity index (χ2n) is 7.89. The van der Waals surface area contributed by atoms with E-state index in [2.05, 4.69) is 0 Å². The predicted octanol–water partition coefficient (Wildman–Crippen LogP) is 4.08. The lowest BCUT2D eigenvalue weighted by atomic mass is 9.94. The maximum atomic E-state index is 14.0. The quantitative estimate of drug-likeness (QED) is 0.264. The van der Waals surface area contributed by atoms with Crippen molar-refractivity contribution in [2.24, 2.45) is 0 Å². The number of carbonyl (C=O) groups is 2. The molecule has 1 atom stereocenters. The number of likely N-dealkylation sites (tertiary alicyclic amines) is 1. The number of para-hydroxylation sites is 1. The highest BCUT2D eigenvalue weighted by Gasteiger charge is 2.47. The van der Waals surface area contributed by atoms with Crippen molar-refractivity contribution < 1.29 is 33.3 Å². The topological polar surface area (TPSA) is 85.3 Å². The Labute approximate surface area is 192 Å². The average Bonchev–Trinajstić information content (AvgIpc) is 3.03. The van der Waals surface area contributed by atoms with Gasteiger partial charge in [0.15, 0.2) is 0 Å². The van der Waals surface area contributed by atoms with Crippen molar-refractivity contribution >= 4 is 17.4 Å². The number of rotatable bonds is 9. The van der Waals surface area contributed by atoms with Gasteiger partial charge in [-0.3, -0.25) is 9.59 Å². The van der Waals surface area contributed by atoms with E-state index in [0.29, 0.717) is 24.3 Å². The summed E-state index contributed by atoms with van der Waals surface area (Å²) in [7, 11) is 2.92. The van der Waals surface area contributed by atoms with E-state index in [1.807, 2.05) is 13.8 Å². The van der Waals surface area contributed by atoms with Crippen LogP contribution < -0.4 is 9.47 Å². The number of ether oxygens (including phenoxy) is 3. The molecule has 0 bridgehead atoms. The minimum atomic E-state index is -0.926. The number of aliphatic hydroxyl groups excluding tert-OH is 1. The molecule has 0 radical (unpaired) electrons. The summed E-state index contributed by atoms with van der Waals surface area (Å²) in [5, 5.41) is 11.2. The van der Waals surface area contributed by atoms with Crippen molar-refractivity contribution in [2.75, 3.05) is 27.4 Å². The molecule has 0 saturated carbocycles. The maximum absolute atomic E-state index is 14.0. The average molecular weight is 457 g/mol. The molecule has 2 aromatic carbocycles. The zero-order valence-electron chi connectivity index (χ0n) is 19.1. The summed E-state index contributed by atoms with van der Waals surface area (Å²) in [5.41, 5.74) is 0.375. The first-order chi connectivity index (χ1) is 15.8. The van der Waals surface area contributed by atoms with Gasteiger partial charge in [0.05, 0.1) is 30.4 Å². The molecule has 0 aliphatic carbocycles. The van der Waals surface area contributed by atoms with Crippen LogP contribution in [0.1, 0.15) is 37.4 Å². The molecule has 1 N–H and O–H groups in total. The van der Waals surface area contributed by atoms with Gasteiger partial charge in [0.2, 0.25) is 0 Å². The van der Waals surface area contributed by atoms with Gasteiger partial charge >= 0.3 is 0 Å². The Bertz CT molecular complexity index is 1060. The van der Waals surface area contributed by atoms with E-state index in [-0.39, 0.29) is 29.5 Å². The number of benzene rings is 2. The highest BCUT2D eigenvalue weighted by atomic mass is 19.1. The fourth-order valence-corrected chi connectivity index (χ4v) is 3.89. The van der Waals surface area contributed by atoms with Crippen LogP contribution in [0.3, 0.4) is 0 Å². The van der Waals surface area contributed by atoms with Crippen LogP contribution in [0.5, 0.6) is 11.5 Å².